The molecule has 1 fully saturated rings. The smallest absolute Gasteiger partial charge is 0.227 e. The highest BCUT2D eigenvalue weighted by Gasteiger charge is 2.16. The predicted octanol–water partition coefficient (Wildman–Crippen LogP) is 2.45. The zero-order chi connectivity index (χ0) is 10.7. The normalized spacial score (nSPS) is 20.8. The second kappa shape index (κ2) is 5.30. The van der Waals surface area contributed by atoms with Crippen LogP contribution in [0.5, 0.6) is 0 Å². The Bertz CT molecular complexity index is 326. The van der Waals surface area contributed by atoms with Gasteiger partial charge in [-0.3, -0.25) is 0 Å². The fourth-order valence-corrected chi connectivity index (χ4v) is 2.68. The van der Waals surface area contributed by atoms with Gasteiger partial charge in [-0.1, -0.05) is 11.8 Å². The quantitative estimate of drug-likeness (QED) is 0.786. The monoisotopic (exact) mass is 265 g/mol. The van der Waals surface area contributed by atoms with E-state index in [9.17, 15) is 0 Å². The zero-order valence-corrected chi connectivity index (χ0v) is 10.1. The first-order valence-electron chi connectivity index (χ1n) is 4.55. The van der Waals surface area contributed by atoms with Crippen molar-refractivity contribution in [3.05, 3.63) is 10.6 Å². The molecule has 0 aliphatic carbocycles. The Morgan fingerprint density at radius 2 is 2.00 bits per heavy atom. The number of hydrogen-bond acceptors (Lipinski definition) is 5. The SMILES string of the molecule is Clc1nc(Cl)nc(SCC2CCCO2)n1. The van der Waals surface area contributed by atoms with Crippen LogP contribution in [-0.4, -0.2) is 33.4 Å². The van der Waals surface area contributed by atoms with E-state index in [1.54, 1.807) is 0 Å². The average Bonchev–Trinajstić information content (AvgIpc) is 2.65. The summed E-state index contributed by atoms with van der Waals surface area (Å²) in [4.78, 5) is 11.6. The molecular formula is C8H9Cl2N3OS. The van der Waals surface area contributed by atoms with E-state index in [2.05, 4.69) is 15.0 Å². The molecule has 1 saturated heterocycles. The molecule has 1 aromatic rings. The maximum absolute atomic E-state index is 5.65. The summed E-state index contributed by atoms with van der Waals surface area (Å²) in [7, 11) is 0. The maximum Gasteiger partial charge on any atom is 0.227 e. The highest BCUT2D eigenvalue weighted by Crippen LogP contribution is 2.22. The van der Waals surface area contributed by atoms with Crippen LogP contribution in [0.2, 0.25) is 10.6 Å². The van der Waals surface area contributed by atoms with Gasteiger partial charge in [0.05, 0.1) is 6.10 Å². The van der Waals surface area contributed by atoms with Gasteiger partial charge in [-0.05, 0) is 36.0 Å². The van der Waals surface area contributed by atoms with E-state index in [0.717, 1.165) is 25.2 Å². The Kier molecular flexibility index (Phi) is 4.02. The summed E-state index contributed by atoms with van der Waals surface area (Å²) in [6.45, 7) is 0.851. The minimum atomic E-state index is 0.129. The Morgan fingerprint density at radius 3 is 2.60 bits per heavy atom. The van der Waals surface area contributed by atoms with Crippen LogP contribution < -0.4 is 0 Å². The second-order valence-corrected chi connectivity index (χ2v) is 4.77. The lowest BCUT2D eigenvalue weighted by Crippen LogP contribution is -2.08. The molecule has 0 saturated carbocycles. The third-order valence-electron chi connectivity index (χ3n) is 1.98. The molecule has 0 amide bonds. The van der Waals surface area contributed by atoms with E-state index in [0.29, 0.717) is 11.3 Å². The fraction of sp³-hybridized carbons (Fsp3) is 0.625. The van der Waals surface area contributed by atoms with Crippen LogP contribution in [-0.2, 0) is 4.74 Å². The zero-order valence-electron chi connectivity index (χ0n) is 7.82. The van der Waals surface area contributed by atoms with Gasteiger partial charge in [0.1, 0.15) is 0 Å². The molecule has 1 unspecified atom stereocenters. The lowest BCUT2D eigenvalue weighted by molar-refractivity contribution is 0.129. The van der Waals surface area contributed by atoms with Crippen molar-refractivity contribution < 1.29 is 4.74 Å². The average molecular weight is 266 g/mol. The number of halogens is 2. The van der Waals surface area contributed by atoms with Gasteiger partial charge >= 0.3 is 0 Å². The van der Waals surface area contributed by atoms with Crippen molar-refractivity contribution in [3.63, 3.8) is 0 Å². The van der Waals surface area contributed by atoms with Crippen LogP contribution >= 0.6 is 35.0 Å². The van der Waals surface area contributed by atoms with Crippen LogP contribution in [0, 0.1) is 0 Å². The number of nitrogens with zero attached hydrogens (tertiary/aromatic N) is 3. The van der Waals surface area contributed by atoms with Gasteiger partial charge in [0, 0.05) is 12.4 Å². The molecule has 82 valence electrons. The van der Waals surface area contributed by atoms with Crippen molar-refractivity contribution in [1.29, 1.82) is 0 Å². The standard InChI is InChI=1S/C8H9Cl2N3OS/c9-6-11-7(10)13-8(12-6)15-4-5-2-1-3-14-5/h5H,1-4H2. The third kappa shape index (κ3) is 3.45. The van der Waals surface area contributed by atoms with Gasteiger partial charge in [-0.15, -0.1) is 0 Å². The van der Waals surface area contributed by atoms with Crippen molar-refractivity contribution in [2.24, 2.45) is 0 Å². The van der Waals surface area contributed by atoms with Crippen LogP contribution in [0.1, 0.15) is 12.8 Å². The molecular weight excluding hydrogens is 257 g/mol. The largest absolute Gasteiger partial charge is 0.377 e. The molecule has 0 aromatic carbocycles. The van der Waals surface area contributed by atoms with E-state index >= 15 is 0 Å². The molecule has 0 bridgehead atoms. The van der Waals surface area contributed by atoms with E-state index < -0.39 is 0 Å². The highest BCUT2D eigenvalue weighted by atomic mass is 35.5. The summed E-state index contributed by atoms with van der Waals surface area (Å²) in [5.74, 6) is 0.830. The molecule has 7 heteroatoms. The van der Waals surface area contributed by atoms with Gasteiger partial charge in [0.2, 0.25) is 10.6 Å². The van der Waals surface area contributed by atoms with Crippen molar-refractivity contribution in [2.75, 3.05) is 12.4 Å². The van der Waals surface area contributed by atoms with E-state index in [1.165, 1.54) is 11.8 Å². The molecule has 1 aromatic heterocycles. The van der Waals surface area contributed by atoms with Crippen LogP contribution in [0.3, 0.4) is 0 Å². The van der Waals surface area contributed by atoms with Crippen LogP contribution in [0.25, 0.3) is 0 Å². The summed E-state index contributed by atoms with van der Waals surface area (Å²) in [6, 6.07) is 0. The fourth-order valence-electron chi connectivity index (χ4n) is 1.32. The van der Waals surface area contributed by atoms with Gasteiger partial charge in [-0.2, -0.15) is 15.0 Å². The van der Waals surface area contributed by atoms with Gasteiger partial charge in [0.15, 0.2) is 5.16 Å². The Balaban J connectivity index is 1.92. The minimum Gasteiger partial charge on any atom is -0.377 e. The summed E-state index contributed by atoms with van der Waals surface area (Å²) >= 11 is 12.8. The minimum absolute atomic E-state index is 0.129. The third-order valence-corrected chi connectivity index (χ3v) is 3.30. The molecule has 0 spiro atoms. The lowest BCUT2D eigenvalue weighted by Gasteiger charge is -2.07. The van der Waals surface area contributed by atoms with Crippen molar-refractivity contribution in [2.45, 2.75) is 24.1 Å². The molecule has 2 heterocycles. The summed E-state index contributed by atoms with van der Waals surface area (Å²) in [5, 5.41) is 0.810. The number of ether oxygens (including phenoxy) is 1. The van der Waals surface area contributed by atoms with Crippen molar-refractivity contribution in [1.82, 2.24) is 15.0 Å². The number of hydrogen-bond donors (Lipinski definition) is 0. The van der Waals surface area contributed by atoms with E-state index in [-0.39, 0.29) is 10.6 Å². The van der Waals surface area contributed by atoms with E-state index in [4.69, 9.17) is 27.9 Å². The van der Waals surface area contributed by atoms with Gasteiger partial charge in [0.25, 0.3) is 0 Å². The summed E-state index contributed by atoms with van der Waals surface area (Å²) in [5.41, 5.74) is 0. The van der Waals surface area contributed by atoms with Gasteiger partial charge < -0.3 is 4.74 Å². The molecule has 1 atom stereocenters. The summed E-state index contributed by atoms with van der Waals surface area (Å²) in [6.07, 6.45) is 2.52. The van der Waals surface area contributed by atoms with Crippen LogP contribution in [0.15, 0.2) is 5.16 Å². The van der Waals surface area contributed by atoms with Crippen LogP contribution in [0.4, 0.5) is 0 Å². The first-order valence-corrected chi connectivity index (χ1v) is 6.29. The van der Waals surface area contributed by atoms with Crippen molar-refractivity contribution >= 4 is 35.0 Å². The number of rotatable bonds is 3. The molecule has 1 aliphatic heterocycles. The highest BCUT2D eigenvalue weighted by molar-refractivity contribution is 7.99. The Hall–Kier alpha value is -0.100. The molecule has 4 nitrogen and oxygen atoms in total. The predicted molar refractivity (Wildman–Crippen MR) is 59.5 cm³/mol. The second-order valence-electron chi connectivity index (χ2n) is 3.10. The van der Waals surface area contributed by atoms with Gasteiger partial charge in [-0.25, -0.2) is 0 Å². The maximum atomic E-state index is 5.65. The molecule has 1 aliphatic rings. The van der Waals surface area contributed by atoms with E-state index in [1.807, 2.05) is 0 Å². The summed E-state index contributed by atoms with van der Waals surface area (Å²) < 4.78 is 5.48. The first kappa shape index (κ1) is 11.4. The van der Waals surface area contributed by atoms with Crippen molar-refractivity contribution in [3.8, 4) is 0 Å². The molecule has 15 heavy (non-hydrogen) atoms. The molecule has 0 radical (unpaired) electrons. The Labute approximate surface area is 102 Å². The first-order chi connectivity index (χ1) is 7.24. The lowest BCUT2D eigenvalue weighted by atomic mass is 10.3. The number of thioether (sulfide) groups is 1. The molecule has 0 N–H and O–H groups in total. The number of aromatic nitrogens is 3. The Morgan fingerprint density at radius 1 is 1.27 bits per heavy atom. The molecule has 2 rings (SSSR count). The topological polar surface area (TPSA) is 47.9 Å².